The van der Waals surface area contributed by atoms with E-state index < -0.39 is 0 Å². The zero-order valence-electron chi connectivity index (χ0n) is 9.96. The van der Waals surface area contributed by atoms with Crippen LogP contribution < -0.4 is 5.32 Å². The van der Waals surface area contributed by atoms with Crippen molar-refractivity contribution in [2.24, 2.45) is 0 Å². The maximum absolute atomic E-state index is 11.6. The molecule has 2 aromatic rings. The molecule has 0 aliphatic carbocycles. The fourth-order valence-corrected chi connectivity index (χ4v) is 1.82. The van der Waals surface area contributed by atoms with Gasteiger partial charge in [0, 0.05) is 17.5 Å². The number of carbonyl (C=O) groups excluding carboxylic acids is 1. The number of aromatic nitrogens is 2. The molecule has 0 unspecified atom stereocenters. The van der Waals surface area contributed by atoms with E-state index in [9.17, 15) is 4.79 Å². The molecule has 1 amide bonds. The van der Waals surface area contributed by atoms with Crippen LogP contribution in [0.2, 0.25) is 0 Å². The Hall–Kier alpha value is -2.23. The third kappa shape index (κ3) is 3.88. The van der Waals surface area contributed by atoms with Gasteiger partial charge in [0.1, 0.15) is 6.61 Å². The maximum atomic E-state index is 11.6. The second kappa shape index (κ2) is 6.64. The summed E-state index contributed by atoms with van der Waals surface area (Å²) in [4.78, 5) is 11.6. The summed E-state index contributed by atoms with van der Waals surface area (Å²) in [5, 5.41) is 16.6. The molecule has 0 aliphatic heterocycles. The monoisotopic (exact) mass is 273 g/mol. The summed E-state index contributed by atoms with van der Waals surface area (Å²) < 4.78 is 3.63. The summed E-state index contributed by atoms with van der Waals surface area (Å²) in [5.74, 6) is 5.14. The van der Waals surface area contributed by atoms with Crippen LogP contribution in [-0.4, -0.2) is 27.2 Å². The van der Waals surface area contributed by atoms with Crippen LogP contribution in [0.1, 0.15) is 21.6 Å². The molecule has 0 aliphatic rings. The van der Waals surface area contributed by atoms with Crippen molar-refractivity contribution in [3.63, 3.8) is 0 Å². The van der Waals surface area contributed by atoms with E-state index in [1.807, 2.05) is 24.3 Å². The van der Waals surface area contributed by atoms with Gasteiger partial charge in [-0.25, -0.2) is 0 Å². The fraction of sp³-hybridized carbons (Fsp3) is 0.154. The Labute approximate surface area is 114 Å². The second-order valence-corrected chi connectivity index (χ2v) is 4.24. The molecule has 1 heterocycles. The van der Waals surface area contributed by atoms with Crippen LogP contribution in [0.4, 0.5) is 0 Å². The van der Waals surface area contributed by atoms with E-state index >= 15 is 0 Å². The largest absolute Gasteiger partial charge is 0.384 e. The highest BCUT2D eigenvalue weighted by atomic mass is 32.1. The summed E-state index contributed by atoms with van der Waals surface area (Å²) in [6, 6.07) is 7.44. The van der Waals surface area contributed by atoms with Crippen molar-refractivity contribution in [3.8, 4) is 11.8 Å². The average molecular weight is 273 g/mol. The molecule has 0 radical (unpaired) electrons. The van der Waals surface area contributed by atoms with Crippen molar-refractivity contribution in [3.05, 3.63) is 46.5 Å². The quantitative estimate of drug-likeness (QED) is 0.812. The summed E-state index contributed by atoms with van der Waals surface area (Å²) in [6.45, 7) is 0.267. The van der Waals surface area contributed by atoms with Gasteiger partial charge in [0.25, 0.3) is 5.91 Å². The molecular formula is C13H11N3O2S. The van der Waals surface area contributed by atoms with Gasteiger partial charge in [-0.3, -0.25) is 4.79 Å². The smallest absolute Gasteiger partial charge is 0.273 e. The molecule has 2 N–H and O–H groups in total. The minimum absolute atomic E-state index is 0.153. The van der Waals surface area contributed by atoms with Crippen LogP contribution in [0.15, 0.2) is 29.6 Å². The lowest BCUT2D eigenvalue weighted by molar-refractivity contribution is 0.0946. The van der Waals surface area contributed by atoms with Gasteiger partial charge >= 0.3 is 0 Å². The van der Waals surface area contributed by atoms with Crippen molar-refractivity contribution in [2.45, 2.75) is 6.54 Å². The van der Waals surface area contributed by atoms with E-state index in [1.165, 1.54) is 0 Å². The summed E-state index contributed by atoms with van der Waals surface area (Å²) in [7, 11) is 0. The number of aliphatic hydroxyl groups is 1. The van der Waals surface area contributed by atoms with Crippen molar-refractivity contribution in [1.29, 1.82) is 0 Å². The molecule has 6 heteroatoms. The van der Waals surface area contributed by atoms with E-state index in [1.54, 1.807) is 5.38 Å². The highest BCUT2D eigenvalue weighted by Crippen LogP contribution is 2.04. The van der Waals surface area contributed by atoms with Gasteiger partial charge in [-0.1, -0.05) is 28.5 Å². The Bertz CT molecular complexity index is 597. The van der Waals surface area contributed by atoms with Gasteiger partial charge in [-0.05, 0) is 29.2 Å². The SMILES string of the molecule is O=C(NCc1ccc(C#CCO)cc1)c1csnn1. The van der Waals surface area contributed by atoms with Gasteiger partial charge < -0.3 is 10.4 Å². The van der Waals surface area contributed by atoms with Crippen LogP contribution >= 0.6 is 11.5 Å². The number of aliphatic hydroxyl groups excluding tert-OH is 1. The molecule has 1 aromatic heterocycles. The first-order chi connectivity index (χ1) is 9.29. The van der Waals surface area contributed by atoms with Gasteiger partial charge in [-0.2, -0.15) is 0 Å². The molecule has 0 fully saturated rings. The Morgan fingerprint density at radius 2 is 2.16 bits per heavy atom. The van der Waals surface area contributed by atoms with Gasteiger partial charge in [0.05, 0.1) is 0 Å². The Morgan fingerprint density at radius 3 is 2.79 bits per heavy atom. The Morgan fingerprint density at radius 1 is 1.37 bits per heavy atom. The van der Waals surface area contributed by atoms with Gasteiger partial charge in [-0.15, -0.1) is 5.10 Å². The van der Waals surface area contributed by atoms with E-state index in [-0.39, 0.29) is 12.5 Å². The molecule has 0 bridgehead atoms. The third-order valence-electron chi connectivity index (χ3n) is 2.31. The number of benzene rings is 1. The summed E-state index contributed by atoms with van der Waals surface area (Å²) in [6.07, 6.45) is 0. The first-order valence-electron chi connectivity index (χ1n) is 5.53. The van der Waals surface area contributed by atoms with E-state index in [0.29, 0.717) is 12.2 Å². The van der Waals surface area contributed by atoms with Crippen LogP contribution in [0, 0.1) is 11.8 Å². The number of rotatable bonds is 3. The minimum Gasteiger partial charge on any atom is -0.384 e. The topological polar surface area (TPSA) is 75.1 Å². The number of carbonyl (C=O) groups is 1. The molecule has 5 nitrogen and oxygen atoms in total. The molecule has 0 saturated carbocycles. The van der Waals surface area contributed by atoms with Crippen LogP contribution in [0.5, 0.6) is 0 Å². The third-order valence-corrected chi connectivity index (χ3v) is 2.82. The number of nitrogens with one attached hydrogen (secondary N) is 1. The molecule has 0 spiro atoms. The lowest BCUT2D eigenvalue weighted by atomic mass is 10.1. The summed E-state index contributed by atoms with van der Waals surface area (Å²) >= 11 is 1.14. The zero-order valence-corrected chi connectivity index (χ0v) is 10.8. The molecule has 19 heavy (non-hydrogen) atoms. The van der Waals surface area contributed by atoms with Crippen molar-refractivity contribution in [2.75, 3.05) is 6.61 Å². The Balaban J connectivity index is 1.91. The Kier molecular flexibility index (Phi) is 4.61. The van der Waals surface area contributed by atoms with E-state index in [0.717, 1.165) is 22.7 Å². The number of hydrogen-bond donors (Lipinski definition) is 2. The van der Waals surface area contributed by atoms with Crippen LogP contribution in [0.25, 0.3) is 0 Å². The molecular weight excluding hydrogens is 262 g/mol. The first-order valence-corrected chi connectivity index (χ1v) is 6.37. The molecule has 1 aromatic carbocycles. The highest BCUT2D eigenvalue weighted by Gasteiger charge is 2.07. The van der Waals surface area contributed by atoms with Crippen molar-refractivity contribution >= 4 is 17.4 Å². The number of amides is 1. The number of hydrogen-bond acceptors (Lipinski definition) is 5. The van der Waals surface area contributed by atoms with Crippen LogP contribution in [-0.2, 0) is 6.54 Å². The first kappa shape index (κ1) is 13.2. The van der Waals surface area contributed by atoms with Gasteiger partial charge in [0.2, 0.25) is 0 Å². The predicted molar refractivity (Wildman–Crippen MR) is 71.5 cm³/mol. The summed E-state index contributed by atoms with van der Waals surface area (Å²) in [5.41, 5.74) is 2.12. The minimum atomic E-state index is -0.238. The predicted octanol–water partition coefficient (Wildman–Crippen LogP) is 0.812. The van der Waals surface area contributed by atoms with Crippen molar-refractivity contribution in [1.82, 2.24) is 14.9 Å². The second-order valence-electron chi connectivity index (χ2n) is 3.63. The molecule has 0 saturated heterocycles. The molecule has 96 valence electrons. The molecule has 2 rings (SSSR count). The lowest BCUT2D eigenvalue weighted by Gasteiger charge is -2.03. The van der Waals surface area contributed by atoms with Gasteiger partial charge in [0.15, 0.2) is 5.69 Å². The standard InChI is InChI=1S/C13H11N3O2S/c17-7-1-2-10-3-5-11(6-4-10)8-14-13(18)12-9-19-16-15-12/h3-6,9,17H,7-8H2,(H,14,18). The van der Waals surface area contributed by atoms with Crippen LogP contribution in [0.3, 0.4) is 0 Å². The van der Waals surface area contributed by atoms with E-state index in [4.69, 9.17) is 5.11 Å². The van der Waals surface area contributed by atoms with Crippen molar-refractivity contribution < 1.29 is 9.90 Å². The molecule has 0 atom stereocenters. The highest BCUT2D eigenvalue weighted by molar-refractivity contribution is 7.03. The lowest BCUT2D eigenvalue weighted by Crippen LogP contribution is -2.23. The van der Waals surface area contributed by atoms with E-state index in [2.05, 4.69) is 26.7 Å². The maximum Gasteiger partial charge on any atom is 0.273 e. The normalized spacial score (nSPS) is 9.53. The fourth-order valence-electron chi connectivity index (χ4n) is 1.38. The zero-order chi connectivity index (χ0) is 13.5. The average Bonchev–Trinajstić information content (AvgIpc) is 2.98. The number of nitrogens with zero attached hydrogens (tertiary/aromatic N) is 2.